The maximum absolute atomic E-state index is 13.5. The summed E-state index contributed by atoms with van der Waals surface area (Å²) >= 11 is 0. The number of ether oxygens (including phenoxy) is 1. The molecule has 0 atom stereocenters. The van der Waals surface area contributed by atoms with Crippen LogP contribution in [-0.2, 0) is 0 Å². The SMILES string of the molecule is COc1ccc(Nc2ncc(C(=O)O)c(C)n2)cc1F. The third-order valence-electron chi connectivity index (χ3n) is 2.62. The fraction of sp³-hybridized carbons (Fsp3) is 0.154. The fourth-order valence-electron chi connectivity index (χ4n) is 1.61. The van der Waals surface area contributed by atoms with Crippen molar-refractivity contribution < 1.29 is 19.0 Å². The number of hydrogen-bond acceptors (Lipinski definition) is 5. The number of benzene rings is 1. The number of carbonyl (C=O) groups is 1. The first kappa shape index (κ1) is 13.7. The summed E-state index contributed by atoms with van der Waals surface area (Å²) in [6, 6.07) is 4.31. The van der Waals surface area contributed by atoms with E-state index in [1.54, 1.807) is 13.0 Å². The molecule has 0 spiro atoms. The Hall–Kier alpha value is -2.70. The van der Waals surface area contributed by atoms with Crippen molar-refractivity contribution in [3.05, 3.63) is 41.5 Å². The Bertz CT molecular complexity index is 661. The van der Waals surface area contributed by atoms with Crippen molar-refractivity contribution in [3.8, 4) is 5.75 Å². The molecule has 7 heteroatoms. The fourth-order valence-corrected chi connectivity index (χ4v) is 1.61. The lowest BCUT2D eigenvalue weighted by Crippen LogP contribution is -2.06. The molecule has 1 aromatic carbocycles. The second kappa shape index (κ2) is 5.52. The van der Waals surface area contributed by atoms with Gasteiger partial charge in [0.25, 0.3) is 0 Å². The van der Waals surface area contributed by atoms with Crippen LogP contribution in [0.2, 0.25) is 0 Å². The van der Waals surface area contributed by atoms with E-state index in [1.165, 1.54) is 25.4 Å². The van der Waals surface area contributed by atoms with Gasteiger partial charge in [0.2, 0.25) is 5.95 Å². The van der Waals surface area contributed by atoms with Gasteiger partial charge in [-0.15, -0.1) is 0 Å². The molecule has 0 radical (unpaired) electrons. The van der Waals surface area contributed by atoms with E-state index >= 15 is 0 Å². The van der Waals surface area contributed by atoms with Crippen LogP contribution in [0.1, 0.15) is 16.1 Å². The second-order valence-corrected chi connectivity index (χ2v) is 3.97. The lowest BCUT2D eigenvalue weighted by Gasteiger charge is -2.08. The van der Waals surface area contributed by atoms with E-state index in [4.69, 9.17) is 9.84 Å². The van der Waals surface area contributed by atoms with Crippen molar-refractivity contribution in [1.82, 2.24) is 9.97 Å². The number of carboxylic acid groups (broad SMARTS) is 1. The van der Waals surface area contributed by atoms with Crippen molar-refractivity contribution in [2.45, 2.75) is 6.92 Å². The van der Waals surface area contributed by atoms with Gasteiger partial charge >= 0.3 is 5.97 Å². The van der Waals surface area contributed by atoms with E-state index in [9.17, 15) is 9.18 Å². The minimum Gasteiger partial charge on any atom is -0.494 e. The Morgan fingerprint density at radius 3 is 2.75 bits per heavy atom. The molecule has 6 nitrogen and oxygen atoms in total. The molecule has 0 aliphatic heterocycles. The molecule has 2 N–H and O–H groups in total. The Morgan fingerprint density at radius 2 is 2.20 bits per heavy atom. The summed E-state index contributed by atoms with van der Waals surface area (Å²) in [5, 5.41) is 11.7. The van der Waals surface area contributed by atoms with Crippen LogP contribution in [0.3, 0.4) is 0 Å². The molecule has 0 amide bonds. The molecule has 0 fully saturated rings. The topological polar surface area (TPSA) is 84.3 Å². The second-order valence-electron chi connectivity index (χ2n) is 3.97. The van der Waals surface area contributed by atoms with Gasteiger partial charge in [-0.05, 0) is 19.1 Å². The molecule has 0 saturated carbocycles. The lowest BCUT2D eigenvalue weighted by molar-refractivity contribution is 0.0695. The van der Waals surface area contributed by atoms with Crippen molar-refractivity contribution >= 4 is 17.6 Å². The smallest absolute Gasteiger partial charge is 0.339 e. The van der Waals surface area contributed by atoms with Crippen LogP contribution < -0.4 is 10.1 Å². The number of anilines is 2. The number of halogens is 1. The van der Waals surface area contributed by atoms with E-state index in [-0.39, 0.29) is 17.3 Å². The van der Waals surface area contributed by atoms with Gasteiger partial charge < -0.3 is 15.2 Å². The minimum atomic E-state index is -1.09. The van der Waals surface area contributed by atoms with E-state index in [0.717, 1.165) is 0 Å². The maximum atomic E-state index is 13.5. The van der Waals surface area contributed by atoms with Crippen molar-refractivity contribution in [3.63, 3.8) is 0 Å². The first-order valence-corrected chi connectivity index (χ1v) is 5.68. The Labute approximate surface area is 114 Å². The molecule has 1 aromatic heterocycles. The number of aryl methyl sites for hydroxylation is 1. The molecular formula is C13H12FN3O3. The Balaban J connectivity index is 2.24. The highest BCUT2D eigenvalue weighted by Gasteiger charge is 2.10. The zero-order chi connectivity index (χ0) is 14.7. The van der Waals surface area contributed by atoms with E-state index in [2.05, 4.69) is 15.3 Å². The summed E-state index contributed by atoms with van der Waals surface area (Å²) in [5.41, 5.74) is 0.784. The predicted octanol–water partition coefficient (Wildman–Crippen LogP) is 2.37. The number of aromatic nitrogens is 2. The normalized spacial score (nSPS) is 10.2. The van der Waals surface area contributed by atoms with Gasteiger partial charge in [0.05, 0.1) is 18.4 Å². The highest BCUT2D eigenvalue weighted by Crippen LogP contribution is 2.22. The number of hydrogen-bond donors (Lipinski definition) is 2. The average molecular weight is 277 g/mol. The van der Waals surface area contributed by atoms with Gasteiger partial charge in [0, 0.05) is 18.0 Å². The summed E-state index contributed by atoms with van der Waals surface area (Å²) in [6.07, 6.45) is 1.20. The van der Waals surface area contributed by atoms with Crippen LogP contribution in [0.5, 0.6) is 5.75 Å². The zero-order valence-electron chi connectivity index (χ0n) is 10.8. The zero-order valence-corrected chi connectivity index (χ0v) is 10.8. The minimum absolute atomic E-state index is 0.0245. The van der Waals surface area contributed by atoms with Crippen LogP contribution in [0, 0.1) is 12.7 Å². The first-order valence-electron chi connectivity index (χ1n) is 5.68. The molecule has 104 valence electrons. The van der Waals surface area contributed by atoms with Gasteiger partial charge in [-0.1, -0.05) is 0 Å². The summed E-state index contributed by atoms with van der Waals surface area (Å²) in [7, 11) is 1.38. The summed E-state index contributed by atoms with van der Waals surface area (Å²) in [4.78, 5) is 18.7. The molecule has 0 aliphatic rings. The molecule has 1 heterocycles. The average Bonchev–Trinajstić information content (AvgIpc) is 2.38. The van der Waals surface area contributed by atoms with Crippen molar-refractivity contribution in [2.75, 3.05) is 12.4 Å². The third kappa shape index (κ3) is 2.82. The van der Waals surface area contributed by atoms with Crippen LogP contribution in [0.25, 0.3) is 0 Å². The molecule has 2 rings (SSSR count). The summed E-state index contributed by atoms with van der Waals surface area (Å²) < 4.78 is 18.3. The number of methoxy groups -OCH3 is 1. The Morgan fingerprint density at radius 1 is 1.45 bits per heavy atom. The summed E-state index contributed by atoms with van der Waals surface area (Å²) in [6.45, 7) is 1.56. The molecule has 0 unspecified atom stereocenters. The maximum Gasteiger partial charge on any atom is 0.339 e. The van der Waals surface area contributed by atoms with Gasteiger partial charge in [0.1, 0.15) is 0 Å². The third-order valence-corrected chi connectivity index (χ3v) is 2.62. The number of aromatic carboxylic acids is 1. The van der Waals surface area contributed by atoms with Crippen LogP contribution in [0.4, 0.5) is 16.0 Å². The molecule has 0 aliphatic carbocycles. The molecule has 0 saturated heterocycles. The van der Waals surface area contributed by atoms with Crippen LogP contribution in [0.15, 0.2) is 24.4 Å². The van der Waals surface area contributed by atoms with E-state index in [0.29, 0.717) is 11.4 Å². The monoisotopic (exact) mass is 277 g/mol. The van der Waals surface area contributed by atoms with Gasteiger partial charge in [0.15, 0.2) is 11.6 Å². The molecule has 0 bridgehead atoms. The van der Waals surface area contributed by atoms with E-state index in [1.807, 2.05) is 0 Å². The van der Waals surface area contributed by atoms with Crippen molar-refractivity contribution in [2.24, 2.45) is 0 Å². The molecule has 20 heavy (non-hydrogen) atoms. The summed E-state index contributed by atoms with van der Waals surface area (Å²) in [5.74, 6) is -1.29. The van der Waals surface area contributed by atoms with E-state index < -0.39 is 11.8 Å². The predicted molar refractivity (Wildman–Crippen MR) is 70.0 cm³/mol. The highest BCUT2D eigenvalue weighted by atomic mass is 19.1. The van der Waals surface area contributed by atoms with Gasteiger partial charge in [-0.3, -0.25) is 0 Å². The quantitative estimate of drug-likeness (QED) is 0.892. The van der Waals surface area contributed by atoms with Gasteiger partial charge in [-0.25, -0.2) is 19.2 Å². The molecular weight excluding hydrogens is 265 g/mol. The Kier molecular flexibility index (Phi) is 3.79. The first-order chi connectivity index (χ1) is 9.51. The number of nitrogens with zero attached hydrogens (tertiary/aromatic N) is 2. The highest BCUT2D eigenvalue weighted by molar-refractivity contribution is 5.88. The largest absolute Gasteiger partial charge is 0.494 e. The molecule has 2 aromatic rings. The van der Waals surface area contributed by atoms with Gasteiger partial charge in [-0.2, -0.15) is 0 Å². The number of rotatable bonds is 4. The van der Waals surface area contributed by atoms with Crippen LogP contribution >= 0.6 is 0 Å². The number of carboxylic acids is 1. The van der Waals surface area contributed by atoms with Crippen LogP contribution in [-0.4, -0.2) is 28.2 Å². The lowest BCUT2D eigenvalue weighted by atomic mass is 10.2. The van der Waals surface area contributed by atoms with Crippen molar-refractivity contribution in [1.29, 1.82) is 0 Å². The standard InChI is InChI=1S/C13H12FN3O3/c1-7-9(12(18)19)6-15-13(16-7)17-8-3-4-11(20-2)10(14)5-8/h3-6H,1-2H3,(H,18,19)(H,15,16,17). The number of nitrogens with one attached hydrogen (secondary N) is 1.